The number of anilines is 1. The number of amides is 1. The van der Waals surface area contributed by atoms with E-state index in [2.05, 4.69) is 22.4 Å². The normalized spacial score (nSPS) is 14.1. The van der Waals surface area contributed by atoms with E-state index < -0.39 is 0 Å². The molecule has 0 aliphatic heterocycles. The number of ether oxygens (including phenoxy) is 1. The Bertz CT molecular complexity index is 691. The van der Waals surface area contributed by atoms with Crippen LogP contribution in [0.25, 0.3) is 0 Å². The van der Waals surface area contributed by atoms with Gasteiger partial charge in [-0.15, -0.1) is 0 Å². The van der Waals surface area contributed by atoms with E-state index in [1.807, 2.05) is 7.05 Å². The van der Waals surface area contributed by atoms with Gasteiger partial charge in [-0.25, -0.2) is 4.98 Å². The van der Waals surface area contributed by atoms with Crippen molar-refractivity contribution in [1.29, 1.82) is 0 Å². The summed E-state index contributed by atoms with van der Waals surface area (Å²) in [6.45, 7) is 0. The lowest BCUT2D eigenvalue weighted by molar-refractivity contribution is 0.102. The number of nitrogens with one attached hydrogen (secondary N) is 1. The summed E-state index contributed by atoms with van der Waals surface area (Å²) in [6, 6.07) is 4.12. The Labute approximate surface area is 130 Å². The van der Waals surface area contributed by atoms with Crippen molar-refractivity contribution >= 4 is 11.6 Å². The van der Waals surface area contributed by atoms with Crippen LogP contribution in [0.2, 0.25) is 0 Å². The van der Waals surface area contributed by atoms with Gasteiger partial charge in [0.25, 0.3) is 5.91 Å². The van der Waals surface area contributed by atoms with Gasteiger partial charge in [0, 0.05) is 13.2 Å². The first-order chi connectivity index (χ1) is 10.7. The molecule has 22 heavy (non-hydrogen) atoms. The zero-order valence-electron chi connectivity index (χ0n) is 13.1. The topological polar surface area (TPSA) is 56.1 Å². The van der Waals surface area contributed by atoms with Crippen LogP contribution in [0.5, 0.6) is 5.75 Å². The number of hydrogen-bond donors (Lipinski definition) is 1. The lowest BCUT2D eigenvalue weighted by Gasteiger charge is -2.14. The van der Waals surface area contributed by atoms with Crippen molar-refractivity contribution in [3.05, 3.63) is 41.5 Å². The van der Waals surface area contributed by atoms with Crippen molar-refractivity contribution in [2.24, 2.45) is 7.05 Å². The number of aryl methyl sites for hydroxylation is 3. The van der Waals surface area contributed by atoms with Crippen LogP contribution < -0.4 is 10.1 Å². The van der Waals surface area contributed by atoms with Gasteiger partial charge in [0.2, 0.25) is 0 Å². The molecule has 1 aromatic carbocycles. The molecule has 1 amide bonds. The third kappa shape index (κ3) is 2.98. The van der Waals surface area contributed by atoms with Gasteiger partial charge in [-0.05, 0) is 48.9 Å². The van der Waals surface area contributed by atoms with Crippen LogP contribution in [0.15, 0.2) is 24.7 Å². The molecule has 1 aromatic heterocycles. The summed E-state index contributed by atoms with van der Waals surface area (Å²) >= 11 is 0. The largest absolute Gasteiger partial charge is 0.495 e. The Balaban J connectivity index is 1.89. The summed E-state index contributed by atoms with van der Waals surface area (Å²) in [7, 11) is 3.47. The highest BCUT2D eigenvalue weighted by atomic mass is 16.5. The van der Waals surface area contributed by atoms with Gasteiger partial charge in [0.05, 0.1) is 19.1 Å². The van der Waals surface area contributed by atoms with Crippen molar-refractivity contribution < 1.29 is 9.53 Å². The molecule has 0 saturated carbocycles. The minimum Gasteiger partial charge on any atom is -0.495 e. The Morgan fingerprint density at radius 1 is 1.23 bits per heavy atom. The molecule has 0 unspecified atom stereocenters. The second-order valence-corrected chi connectivity index (χ2v) is 5.76. The van der Waals surface area contributed by atoms with Gasteiger partial charge < -0.3 is 14.6 Å². The number of methoxy groups -OCH3 is 1. The van der Waals surface area contributed by atoms with Crippen molar-refractivity contribution in [2.45, 2.75) is 32.1 Å². The molecule has 2 aromatic rings. The molecule has 1 N–H and O–H groups in total. The molecule has 0 spiro atoms. The predicted molar refractivity (Wildman–Crippen MR) is 85.4 cm³/mol. The third-order valence-electron chi connectivity index (χ3n) is 4.10. The SMILES string of the molecule is COc1cc2c(cc1NC(=O)c1cn(C)cn1)CCCCC2. The number of aromatic nitrogens is 2. The quantitative estimate of drug-likeness (QED) is 0.887. The van der Waals surface area contributed by atoms with Crippen LogP contribution in [0.1, 0.15) is 40.9 Å². The molecular formula is C17H21N3O2. The number of carbonyl (C=O) groups is 1. The van der Waals surface area contributed by atoms with Crippen LogP contribution in [-0.4, -0.2) is 22.6 Å². The monoisotopic (exact) mass is 299 g/mol. The van der Waals surface area contributed by atoms with Gasteiger partial charge in [0.1, 0.15) is 11.4 Å². The summed E-state index contributed by atoms with van der Waals surface area (Å²) in [5.74, 6) is 0.498. The highest BCUT2D eigenvalue weighted by molar-refractivity contribution is 6.03. The van der Waals surface area contributed by atoms with Crippen LogP contribution in [0.3, 0.4) is 0 Å². The fourth-order valence-corrected chi connectivity index (χ4v) is 2.92. The molecule has 0 radical (unpaired) electrons. The van der Waals surface area contributed by atoms with Crippen molar-refractivity contribution in [3.8, 4) is 5.75 Å². The molecule has 5 heteroatoms. The van der Waals surface area contributed by atoms with E-state index in [1.165, 1.54) is 30.4 Å². The summed E-state index contributed by atoms with van der Waals surface area (Å²) in [6.07, 6.45) is 9.13. The summed E-state index contributed by atoms with van der Waals surface area (Å²) in [4.78, 5) is 16.4. The Hall–Kier alpha value is -2.30. The predicted octanol–water partition coefficient (Wildman–Crippen LogP) is 2.95. The molecule has 1 aliphatic rings. The van der Waals surface area contributed by atoms with E-state index in [4.69, 9.17) is 4.74 Å². The number of carbonyl (C=O) groups excluding carboxylic acids is 1. The number of nitrogens with zero attached hydrogens (tertiary/aromatic N) is 2. The zero-order chi connectivity index (χ0) is 15.5. The lowest BCUT2D eigenvalue weighted by atomic mass is 10.0. The van der Waals surface area contributed by atoms with E-state index in [0.29, 0.717) is 11.4 Å². The number of fused-ring (bicyclic) bond motifs is 1. The Kier molecular flexibility index (Phi) is 4.13. The maximum atomic E-state index is 12.3. The van der Waals surface area contributed by atoms with Gasteiger partial charge >= 0.3 is 0 Å². The second kappa shape index (κ2) is 6.22. The Morgan fingerprint density at radius 3 is 2.59 bits per heavy atom. The molecule has 1 heterocycles. The molecule has 0 atom stereocenters. The van der Waals surface area contributed by atoms with Crippen LogP contribution >= 0.6 is 0 Å². The first-order valence-electron chi connectivity index (χ1n) is 7.66. The van der Waals surface area contributed by atoms with Crippen LogP contribution in [0.4, 0.5) is 5.69 Å². The maximum Gasteiger partial charge on any atom is 0.275 e. The average molecular weight is 299 g/mol. The third-order valence-corrected chi connectivity index (χ3v) is 4.10. The van der Waals surface area contributed by atoms with E-state index >= 15 is 0 Å². The molecule has 0 saturated heterocycles. The molecule has 0 bridgehead atoms. The number of imidazole rings is 1. The van der Waals surface area contributed by atoms with Crippen LogP contribution in [0, 0.1) is 0 Å². The maximum absolute atomic E-state index is 12.3. The van der Waals surface area contributed by atoms with E-state index in [-0.39, 0.29) is 5.91 Å². The fraction of sp³-hybridized carbons (Fsp3) is 0.412. The minimum absolute atomic E-state index is 0.215. The molecular weight excluding hydrogens is 278 g/mol. The average Bonchev–Trinajstić information content (AvgIpc) is 2.82. The summed E-state index contributed by atoms with van der Waals surface area (Å²) in [5.41, 5.74) is 3.78. The van der Waals surface area contributed by atoms with Gasteiger partial charge in [-0.2, -0.15) is 0 Å². The number of benzene rings is 1. The molecule has 116 valence electrons. The van der Waals surface area contributed by atoms with Gasteiger partial charge in [-0.1, -0.05) is 6.42 Å². The first-order valence-corrected chi connectivity index (χ1v) is 7.66. The van der Waals surface area contributed by atoms with E-state index in [9.17, 15) is 4.79 Å². The van der Waals surface area contributed by atoms with Gasteiger partial charge in [0.15, 0.2) is 0 Å². The Morgan fingerprint density at radius 2 is 1.95 bits per heavy atom. The fourth-order valence-electron chi connectivity index (χ4n) is 2.92. The standard InChI is InChI=1S/C17H21N3O2/c1-20-10-15(18-11-20)17(21)19-14-8-12-6-4-3-5-7-13(12)9-16(14)22-2/h8-11H,3-7H2,1-2H3,(H,19,21). The molecule has 3 rings (SSSR count). The first kappa shape index (κ1) is 14.6. The lowest BCUT2D eigenvalue weighted by Crippen LogP contribution is -2.13. The number of rotatable bonds is 3. The highest BCUT2D eigenvalue weighted by Crippen LogP contribution is 2.32. The van der Waals surface area contributed by atoms with Crippen LogP contribution in [-0.2, 0) is 19.9 Å². The summed E-state index contributed by atoms with van der Waals surface area (Å²) in [5, 5.41) is 2.92. The van der Waals surface area contributed by atoms with Crippen molar-refractivity contribution in [2.75, 3.05) is 12.4 Å². The van der Waals surface area contributed by atoms with Gasteiger partial charge in [-0.3, -0.25) is 4.79 Å². The van der Waals surface area contributed by atoms with Crippen molar-refractivity contribution in [1.82, 2.24) is 9.55 Å². The molecule has 0 fully saturated rings. The minimum atomic E-state index is -0.215. The smallest absolute Gasteiger partial charge is 0.275 e. The van der Waals surface area contributed by atoms with E-state index in [0.717, 1.165) is 18.5 Å². The zero-order valence-corrected chi connectivity index (χ0v) is 13.1. The number of hydrogen-bond acceptors (Lipinski definition) is 3. The van der Waals surface area contributed by atoms with E-state index in [1.54, 1.807) is 24.2 Å². The van der Waals surface area contributed by atoms with Crippen molar-refractivity contribution in [3.63, 3.8) is 0 Å². The highest BCUT2D eigenvalue weighted by Gasteiger charge is 2.16. The molecule has 5 nitrogen and oxygen atoms in total. The molecule has 1 aliphatic carbocycles. The second-order valence-electron chi connectivity index (χ2n) is 5.76. The summed E-state index contributed by atoms with van der Waals surface area (Å²) < 4.78 is 7.21.